The van der Waals surface area contributed by atoms with Crippen LogP contribution < -0.4 is 9.64 Å². The molecule has 1 amide bonds. The van der Waals surface area contributed by atoms with Gasteiger partial charge in [0.1, 0.15) is 17.6 Å². The van der Waals surface area contributed by atoms with Gasteiger partial charge in [0.15, 0.2) is 0 Å². The van der Waals surface area contributed by atoms with Crippen LogP contribution in [0.2, 0.25) is 0 Å². The van der Waals surface area contributed by atoms with Crippen LogP contribution in [0, 0.1) is 17.1 Å². The fraction of sp³-hybridized carbons (Fsp3) is 0.370. The Morgan fingerprint density at radius 2 is 2.00 bits per heavy atom. The first-order valence-electron chi connectivity index (χ1n) is 12.2. The second-order valence-electron chi connectivity index (χ2n) is 9.19. The lowest BCUT2D eigenvalue weighted by Gasteiger charge is -2.41. The first-order chi connectivity index (χ1) is 18.2. The summed E-state index contributed by atoms with van der Waals surface area (Å²) in [6.07, 6.45) is 1.19. The molecule has 11 heteroatoms. The molecule has 4 rings (SSSR count). The molecule has 2 heterocycles. The van der Waals surface area contributed by atoms with E-state index in [1.165, 1.54) is 35.2 Å². The van der Waals surface area contributed by atoms with Crippen LogP contribution in [0.25, 0.3) is 0 Å². The number of carbonyl (C=O) groups is 1. The average molecular weight is 530 g/mol. The minimum atomic E-state index is -4.82. The summed E-state index contributed by atoms with van der Waals surface area (Å²) in [5, 5.41) is 8.96. The molecule has 7 nitrogen and oxygen atoms in total. The average Bonchev–Trinajstić information content (AvgIpc) is 3.29. The maximum absolute atomic E-state index is 14.1. The summed E-state index contributed by atoms with van der Waals surface area (Å²) >= 11 is 0. The maximum Gasteiger partial charge on any atom is 0.573 e. The van der Waals surface area contributed by atoms with Crippen molar-refractivity contribution in [2.24, 2.45) is 0 Å². The molecule has 1 saturated heterocycles. The molecular formula is C27H27F4N5O2. The number of halogens is 4. The van der Waals surface area contributed by atoms with Crippen LogP contribution in [0.1, 0.15) is 43.0 Å². The van der Waals surface area contributed by atoms with E-state index >= 15 is 0 Å². The van der Waals surface area contributed by atoms with Crippen molar-refractivity contribution in [2.75, 3.05) is 18.0 Å². The molecule has 1 aliphatic rings. The Morgan fingerprint density at radius 1 is 1.18 bits per heavy atom. The Hall–Kier alpha value is -3.91. The summed E-state index contributed by atoms with van der Waals surface area (Å²) < 4.78 is 58.1. The molecular weight excluding hydrogens is 502 g/mol. The van der Waals surface area contributed by atoms with Gasteiger partial charge >= 0.3 is 6.36 Å². The molecule has 1 aliphatic heterocycles. The van der Waals surface area contributed by atoms with Crippen LogP contribution in [0.15, 0.2) is 55.0 Å². The lowest BCUT2D eigenvalue weighted by Crippen LogP contribution is -2.56. The number of rotatable bonds is 9. The Bertz CT molecular complexity index is 1320. The molecule has 200 valence electrons. The van der Waals surface area contributed by atoms with Crippen molar-refractivity contribution in [2.45, 2.75) is 51.7 Å². The number of unbranched alkanes of at least 4 members (excludes halogenated alkanes) is 1. The summed E-state index contributed by atoms with van der Waals surface area (Å²) in [4.78, 5) is 21.0. The van der Waals surface area contributed by atoms with Crippen molar-refractivity contribution in [3.8, 4) is 11.8 Å². The van der Waals surface area contributed by atoms with Gasteiger partial charge in [0, 0.05) is 43.6 Å². The van der Waals surface area contributed by atoms with Crippen molar-refractivity contribution < 1.29 is 27.1 Å². The zero-order valence-electron chi connectivity index (χ0n) is 20.8. The fourth-order valence-corrected chi connectivity index (χ4v) is 4.59. The Balaban J connectivity index is 1.51. The zero-order valence-corrected chi connectivity index (χ0v) is 20.8. The quantitative estimate of drug-likeness (QED) is 0.354. The van der Waals surface area contributed by atoms with Crippen LogP contribution in [-0.2, 0) is 17.9 Å². The highest BCUT2D eigenvalue weighted by Gasteiger charge is 2.34. The summed E-state index contributed by atoms with van der Waals surface area (Å²) in [6.45, 7) is 3.24. The molecule has 2 aromatic carbocycles. The third-order valence-electron chi connectivity index (χ3n) is 6.47. The van der Waals surface area contributed by atoms with Crippen molar-refractivity contribution in [3.63, 3.8) is 0 Å². The van der Waals surface area contributed by atoms with Gasteiger partial charge in [-0.05, 0) is 36.2 Å². The standard InChI is InChI=1S/C27H27F4N5O2/c1-2-3-5-22-16-36(21-6-4-7-24(11-21)38-27(29,30)31)26(37)17-34(22)15-23-13-33-18-35(23)14-19-8-9-20(12-32)25(28)10-19/h4,6-11,13,18,22H,2-3,5,14-17H2,1H3/t22-/m0/s1. The van der Waals surface area contributed by atoms with Crippen molar-refractivity contribution in [1.29, 1.82) is 5.26 Å². The number of aromatic nitrogens is 2. The number of amides is 1. The highest BCUT2D eigenvalue weighted by molar-refractivity contribution is 5.95. The zero-order chi connectivity index (χ0) is 27.3. The summed E-state index contributed by atoms with van der Waals surface area (Å²) in [6, 6.07) is 11.7. The summed E-state index contributed by atoms with van der Waals surface area (Å²) in [5.41, 5.74) is 1.83. The first-order valence-corrected chi connectivity index (χ1v) is 12.2. The first kappa shape index (κ1) is 27.1. The molecule has 0 aliphatic carbocycles. The summed E-state index contributed by atoms with van der Waals surface area (Å²) in [7, 11) is 0. The van der Waals surface area contributed by atoms with E-state index in [1.54, 1.807) is 24.7 Å². The molecule has 0 bridgehead atoms. The van der Waals surface area contributed by atoms with E-state index in [-0.39, 0.29) is 29.8 Å². The Morgan fingerprint density at radius 3 is 2.71 bits per heavy atom. The van der Waals surface area contributed by atoms with Gasteiger partial charge in [-0.2, -0.15) is 5.26 Å². The number of hydrogen-bond acceptors (Lipinski definition) is 5. The van der Waals surface area contributed by atoms with Gasteiger partial charge in [-0.3, -0.25) is 9.69 Å². The van der Waals surface area contributed by atoms with Gasteiger partial charge in [0.2, 0.25) is 5.91 Å². The molecule has 1 aromatic heterocycles. The van der Waals surface area contributed by atoms with Gasteiger partial charge in [-0.1, -0.05) is 31.9 Å². The Labute approximate surface area is 217 Å². The van der Waals surface area contributed by atoms with E-state index in [0.29, 0.717) is 30.9 Å². The molecule has 38 heavy (non-hydrogen) atoms. The number of piperazine rings is 1. The van der Waals surface area contributed by atoms with Crippen molar-refractivity contribution in [1.82, 2.24) is 14.5 Å². The van der Waals surface area contributed by atoms with Crippen molar-refractivity contribution in [3.05, 3.63) is 77.6 Å². The van der Waals surface area contributed by atoms with E-state index in [1.807, 2.05) is 10.6 Å². The third kappa shape index (κ3) is 6.69. The normalized spacial score (nSPS) is 16.5. The van der Waals surface area contributed by atoms with E-state index in [2.05, 4.69) is 21.5 Å². The second kappa shape index (κ2) is 11.6. The number of carbonyl (C=O) groups excluding carboxylic acids is 1. The molecule has 0 spiro atoms. The number of benzene rings is 2. The number of alkyl halides is 3. The predicted octanol–water partition coefficient (Wildman–Crippen LogP) is 5.25. The fourth-order valence-electron chi connectivity index (χ4n) is 4.59. The smallest absolute Gasteiger partial charge is 0.406 e. The molecule has 0 radical (unpaired) electrons. The number of ether oxygens (including phenoxy) is 1. The number of anilines is 1. The highest BCUT2D eigenvalue weighted by Crippen LogP contribution is 2.29. The third-order valence-corrected chi connectivity index (χ3v) is 6.47. The van der Waals surface area contributed by atoms with E-state index in [0.717, 1.165) is 25.0 Å². The molecule has 0 unspecified atom stereocenters. The highest BCUT2D eigenvalue weighted by atomic mass is 19.4. The number of nitriles is 1. The molecule has 3 aromatic rings. The molecule has 0 saturated carbocycles. The van der Waals surface area contributed by atoms with Crippen LogP contribution in [-0.4, -0.2) is 45.9 Å². The minimum Gasteiger partial charge on any atom is -0.406 e. The molecule has 0 N–H and O–H groups in total. The van der Waals surface area contributed by atoms with Crippen molar-refractivity contribution >= 4 is 11.6 Å². The largest absolute Gasteiger partial charge is 0.573 e. The molecule has 1 atom stereocenters. The molecule has 1 fully saturated rings. The lowest BCUT2D eigenvalue weighted by atomic mass is 10.0. The number of hydrogen-bond donors (Lipinski definition) is 0. The number of nitrogens with zero attached hydrogens (tertiary/aromatic N) is 5. The van der Waals surface area contributed by atoms with Crippen LogP contribution >= 0.6 is 0 Å². The maximum atomic E-state index is 14.1. The van der Waals surface area contributed by atoms with E-state index < -0.39 is 12.2 Å². The van der Waals surface area contributed by atoms with E-state index in [9.17, 15) is 22.4 Å². The van der Waals surface area contributed by atoms with Crippen LogP contribution in [0.4, 0.5) is 23.2 Å². The van der Waals surface area contributed by atoms with E-state index in [4.69, 9.17) is 5.26 Å². The summed E-state index contributed by atoms with van der Waals surface area (Å²) in [5.74, 6) is -1.20. The topological polar surface area (TPSA) is 74.4 Å². The Kier molecular flexibility index (Phi) is 8.32. The minimum absolute atomic E-state index is 0.0229. The predicted molar refractivity (Wildman–Crippen MR) is 132 cm³/mol. The van der Waals surface area contributed by atoms with Gasteiger partial charge < -0.3 is 14.2 Å². The number of imidazole rings is 1. The van der Waals surface area contributed by atoms with Gasteiger partial charge in [-0.25, -0.2) is 9.37 Å². The van der Waals surface area contributed by atoms with Crippen LogP contribution in [0.5, 0.6) is 5.75 Å². The van der Waals surface area contributed by atoms with Gasteiger partial charge in [0.05, 0.1) is 24.1 Å². The van der Waals surface area contributed by atoms with Gasteiger partial charge in [-0.15, -0.1) is 13.2 Å². The lowest BCUT2D eigenvalue weighted by molar-refractivity contribution is -0.274. The van der Waals surface area contributed by atoms with Crippen LogP contribution in [0.3, 0.4) is 0 Å². The van der Waals surface area contributed by atoms with Gasteiger partial charge in [0.25, 0.3) is 0 Å². The SMILES string of the molecule is CCCC[C@H]1CN(c2cccc(OC(F)(F)F)c2)C(=O)CN1Cc1cncn1Cc1ccc(C#N)c(F)c1. The monoisotopic (exact) mass is 529 g/mol. The second-order valence-corrected chi connectivity index (χ2v) is 9.19.